The van der Waals surface area contributed by atoms with Crippen LogP contribution in [0.2, 0.25) is 0 Å². The zero-order chi connectivity index (χ0) is 15.2. The molecule has 0 spiro atoms. The first-order chi connectivity index (χ1) is 10.1. The molecule has 0 aliphatic heterocycles. The number of ether oxygens (including phenoxy) is 1. The van der Waals surface area contributed by atoms with Gasteiger partial charge in [0.15, 0.2) is 0 Å². The van der Waals surface area contributed by atoms with Gasteiger partial charge < -0.3 is 20.1 Å². The lowest BCUT2D eigenvalue weighted by molar-refractivity contribution is 0.0915. The quantitative estimate of drug-likeness (QED) is 0.816. The zero-order valence-electron chi connectivity index (χ0n) is 12.6. The Labute approximate surface area is 125 Å². The van der Waals surface area contributed by atoms with Crippen LogP contribution in [-0.4, -0.2) is 27.4 Å². The molecule has 5 heteroatoms. The molecule has 0 saturated heterocycles. The van der Waals surface area contributed by atoms with Crippen molar-refractivity contribution >= 4 is 0 Å². The first kappa shape index (κ1) is 15.5. The molecule has 5 nitrogen and oxygen atoms in total. The lowest BCUT2D eigenvalue weighted by Crippen LogP contribution is -2.24. The normalized spacial score (nSPS) is 12.6. The van der Waals surface area contributed by atoms with E-state index in [1.54, 1.807) is 6.20 Å². The maximum Gasteiger partial charge on any atom is 0.119 e. The Hall–Kier alpha value is -1.85. The number of hydrogen-bond donors (Lipinski definition) is 2. The van der Waals surface area contributed by atoms with Crippen molar-refractivity contribution in [1.29, 1.82) is 0 Å². The van der Waals surface area contributed by atoms with E-state index in [0.717, 1.165) is 17.1 Å². The molecule has 1 atom stereocenters. The van der Waals surface area contributed by atoms with Crippen LogP contribution in [0.3, 0.4) is 0 Å². The van der Waals surface area contributed by atoms with Gasteiger partial charge in [0.25, 0.3) is 0 Å². The third-order valence-corrected chi connectivity index (χ3v) is 3.25. The predicted octanol–water partition coefficient (Wildman–Crippen LogP) is 1.91. The highest BCUT2D eigenvalue weighted by molar-refractivity contribution is 5.28. The average Bonchev–Trinajstić information content (AvgIpc) is 2.93. The van der Waals surface area contributed by atoms with Crippen LogP contribution in [0.15, 0.2) is 36.7 Å². The molecule has 0 bridgehead atoms. The summed E-state index contributed by atoms with van der Waals surface area (Å²) in [7, 11) is 0. The molecule has 2 rings (SSSR count). The van der Waals surface area contributed by atoms with Crippen molar-refractivity contribution in [2.75, 3.05) is 6.61 Å². The topological polar surface area (TPSA) is 73.3 Å². The van der Waals surface area contributed by atoms with E-state index in [0.29, 0.717) is 19.0 Å². The zero-order valence-corrected chi connectivity index (χ0v) is 12.6. The second-order valence-corrected chi connectivity index (χ2v) is 5.41. The van der Waals surface area contributed by atoms with Gasteiger partial charge >= 0.3 is 0 Å². The molecule has 2 aromatic rings. The van der Waals surface area contributed by atoms with E-state index in [2.05, 4.69) is 18.8 Å². The summed E-state index contributed by atoms with van der Waals surface area (Å²) in [4.78, 5) is 4.31. The van der Waals surface area contributed by atoms with Crippen LogP contribution < -0.4 is 10.5 Å². The molecular weight excluding hydrogens is 266 g/mol. The van der Waals surface area contributed by atoms with Gasteiger partial charge in [-0.2, -0.15) is 0 Å². The largest absolute Gasteiger partial charge is 0.491 e. The van der Waals surface area contributed by atoms with Crippen LogP contribution in [0.25, 0.3) is 0 Å². The van der Waals surface area contributed by atoms with Crippen molar-refractivity contribution in [3.05, 3.63) is 48.0 Å². The Kier molecular flexibility index (Phi) is 5.36. The molecular formula is C16H23N3O2. The Morgan fingerprint density at radius 3 is 2.90 bits per heavy atom. The smallest absolute Gasteiger partial charge is 0.119 e. The molecule has 1 aromatic carbocycles. The highest BCUT2D eigenvalue weighted by Crippen LogP contribution is 2.15. The molecule has 0 fully saturated rings. The van der Waals surface area contributed by atoms with E-state index in [9.17, 15) is 5.11 Å². The third kappa shape index (κ3) is 4.31. The van der Waals surface area contributed by atoms with Crippen molar-refractivity contribution in [3.63, 3.8) is 0 Å². The summed E-state index contributed by atoms with van der Waals surface area (Å²) in [6.07, 6.45) is 3.06. The maximum absolute atomic E-state index is 10.1. The number of aliphatic hydroxyl groups is 1. The van der Waals surface area contributed by atoms with Crippen molar-refractivity contribution in [2.45, 2.75) is 39.0 Å². The Morgan fingerprint density at radius 2 is 2.19 bits per heavy atom. The van der Waals surface area contributed by atoms with Crippen LogP contribution in [0.5, 0.6) is 5.75 Å². The first-order valence-corrected chi connectivity index (χ1v) is 7.21. The summed E-state index contributed by atoms with van der Waals surface area (Å²) in [6, 6.07) is 7.60. The first-order valence-electron chi connectivity index (χ1n) is 7.21. The van der Waals surface area contributed by atoms with E-state index in [1.165, 1.54) is 0 Å². The minimum absolute atomic E-state index is 0.240. The van der Waals surface area contributed by atoms with Gasteiger partial charge in [0.05, 0.1) is 6.54 Å². The molecule has 0 aliphatic carbocycles. The lowest BCUT2D eigenvalue weighted by atomic mass is 10.2. The summed E-state index contributed by atoms with van der Waals surface area (Å²) in [5, 5.41) is 10.1. The van der Waals surface area contributed by atoms with E-state index in [1.807, 2.05) is 35.0 Å². The highest BCUT2D eigenvalue weighted by Gasteiger charge is 2.12. The molecule has 0 aliphatic rings. The number of nitrogens with zero attached hydrogens (tertiary/aromatic N) is 2. The molecule has 1 aromatic heterocycles. The Morgan fingerprint density at radius 1 is 1.38 bits per heavy atom. The number of rotatable bonds is 7. The van der Waals surface area contributed by atoms with E-state index >= 15 is 0 Å². The fourth-order valence-electron chi connectivity index (χ4n) is 2.21. The van der Waals surface area contributed by atoms with Gasteiger partial charge in [-0.3, -0.25) is 0 Å². The fourth-order valence-corrected chi connectivity index (χ4v) is 2.21. The Bertz CT molecular complexity index is 566. The third-order valence-electron chi connectivity index (χ3n) is 3.25. The van der Waals surface area contributed by atoms with Gasteiger partial charge in [0, 0.05) is 24.9 Å². The standard InChI is InChI=1S/C16H23N3O2/c1-12(2)16-18-6-7-19(16)10-14(20)11-21-15-5-3-4-13(8-15)9-17/h3-8,12,14,20H,9-11,17H2,1-2H3. The lowest BCUT2D eigenvalue weighted by Gasteiger charge is -2.16. The summed E-state index contributed by atoms with van der Waals surface area (Å²) < 4.78 is 7.59. The van der Waals surface area contributed by atoms with Gasteiger partial charge in [-0.15, -0.1) is 0 Å². The molecule has 0 saturated carbocycles. The van der Waals surface area contributed by atoms with Gasteiger partial charge in [0.2, 0.25) is 0 Å². The molecule has 0 amide bonds. The van der Waals surface area contributed by atoms with Crippen molar-refractivity contribution in [2.24, 2.45) is 5.73 Å². The van der Waals surface area contributed by atoms with Crippen molar-refractivity contribution < 1.29 is 9.84 Å². The second-order valence-electron chi connectivity index (χ2n) is 5.41. The SMILES string of the molecule is CC(C)c1nccn1CC(O)COc1cccc(CN)c1. The molecule has 3 N–H and O–H groups in total. The van der Waals surface area contributed by atoms with Crippen LogP contribution in [0.1, 0.15) is 31.2 Å². The number of imidazole rings is 1. The second kappa shape index (κ2) is 7.24. The number of aromatic nitrogens is 2. The summed E-state index contributed by atoms with van der Waals surface area (Å²) in [6.45, 7) is 5.36. The van der Waals surface area contributed by atoms with Gasteiger partial charge in [-0.25, -0.2) is 4.98 Å². The maximum atomic E-state index is 10.1. The average molecular weight is 289 g/mol. The van der Waals surface area contributed by atoms with Gasteiger partial charge in [0.1, 0.15) is 24.3 Å². The summed E-state index contributed by atoms with van der Waals surface area (Å²) >= 11 is 0. The van der Waals surface area contributed by atoms with Gasteiger partial charge in [-0.1, -0.05) is 26.0 Å². The van der Waals surface area contributed by atoms with Crippen molar-refractivity contribution in [3.8, 4) is 5.75 Å². The van der Waals surface area contributed by atoms with Crippen LogP contribution in [-0.2, 0) is 13.1 Å². The number of aliphatic hydroxyl groups excluding tert-OH is 1. The predicted molar refractivity (Wildman–Crippen MR) is 82.2 cm³/mol. The summed E-state index contributed by atoms with van der Waals surface area (Å²) in [5.74, 6) is 2.03. The monoisotopic (exact) mass is 289 g/mol. The van der Waals surface area contributed by atoms with Crippen LogP contribution >= 0.6 is 0 Å². The van der Waals surface area contributed by atoms with Crippen LogP contribution in [0.4, 0.5) is 0 Å². The summed E-state index contributed by atoms with van der Waals surface area (Å²) in [5.41, 5.74) is 6.61. The fraction of sp³-hybridized carbons (Fsp3) is 0.438. The number of hydrogen-bond acceptors (Lipinski definition) is 4. The van der Waals surface area contributed by atoms with Crippen LogP contribution in [0, 0.1) is 0 Å². The van der Waals surface area contributed by atoms with Gasteiger partial charge in [-0.05, 0) is 17.7 Å². The molecule has 1 heterocycles. The Balaban J connectivity index is 1.89. The minimum atomic E-state index is -0.585. The number of benzene rings is 1. The molecule has 0 radical (unpaired) electrons. The number of nitrogens with two attached hydrogens (primary N) is 1. The molecule has 114 valence electrons. The van der Waals surface area contributed by atoms with E-state index in [-0.39, 0.29) is 6.61 Å². The molecule has 1 unspecified atom stereocenters. The molecule has 21 heavy (non-hydrogen) atoms. The minimum Gasteiger partial charge on any atom is -0.491 e. The van der Waals surface area contributed by atoms with E-state index in [4.69, 9.17) is 10.5 Å². The highest BCUT2D eigenvalue weighted by atomic mass is 16.5. The van der Waals surface area contributed by atoms with Crippen molar-refractivity contribution in [1.82, 2.24) is 9.55 Å². The van der Waals surface area contributed by atoms with E-state index < -0.39 is 6.10 Å².